The number of Topliss-reactive ketones (excluding diaryl/α,β-unsaturated/α-hetero) is 1. The highest BCUT2D eigenvalue weighted by molar-refractivity contribution is 6.01. The summed E-state index contributed by atoms with van der Waals surface area (Å²) in [5.41, 5.74) is 1.66. The van der Waals surface area contributed by atoms with Gasteiger partial charge in [0.2, 0.25) is 0 Å². The number of ketones is 1. The van der Waals surface area contributed by atoms with Crippen molar-refractivity contribution in [1.82, 2.24) is 4.90 Å². The molecule has 21 heavy (non-hydrogen) atoms. The normalized spacial score (nSPS) is 18.7. The first-order valence-electron chi connectivity index (χ1n) is 7.19. The largest absolute Gasteiger partial charge is 0.445 e. The Kier molecular flexibility index (Phi) is 4.78. The highest BCUT2D eigenvalue weighted by atomic mass is 16.6. The number of carbonyl (C=O) groups is 2. The van der Waals surface area contributed by atoms with Crippen LogP contribution < -0.4 is 0 Å². The smallest absolute Gasteiger partial charge is 0.411 e. The third-order valence-corrected chi connectivity index (χ3v) is 3.66. The summed E-state index contributed by atoms with van der Waals surface area (Å²) in [7, 11) is 0. The van der Waals surface area contributed by atoms with E-state index in [0.717, 1.165) is 11.1 Å². The van der Waals surface area contributed by atoms with Crippen LogP contribution in [0.3, 0.4) is 0 Å². The van der Waals surface area contributed by atoms with E-state index in [-0.39, 0.29) is 18.3 Å². The lowest BCUT2D eigenvalue weighted by atomic mass is 9.91. The van der Waals surface area contributed by atoms with Crippen molar-refractivity contribution in [2.45, 2.75) is 33.4 Å². The molecule has 0 saturated carbocycles. The minimum atomic E-state index is -0.436. The molecule has 1 aromatic carbocycles. The van der Waals surface area contributed by atoms with Crippen molar-refractivity contribution in [3.63, 3.8) is 0 Å². The van der Waals surface area contributed by atoms with Gasteiger partial charge in [0.1, 0.15) is 12.6 Å². The summed E-state index contributed by atoms with van der Waals surface area (Å²) < 4.78 is 5.34. The summed E-state index contributed by atoms with van der Waals surface area (Å²) in [5.74, 6) is 0.0679. The Morgan fingerprint density at radius 2 is 2.00 bits per heavy atom. The molecular formula is C17H21NO3. The van der Waals surface area contributed by atoms with Gasteiger partial charge in [0, 0.05) is 6.54 Å². The molecule has 0 N–H and O–H groups in total. The number of rotatable bonds is 3. The molecule has 4 nitrogen and oxygen atoms in total. The molecule has 0 aromatic heterocycles. The van der Waals surface area contributed by atoms with Crippen molar-refractivity contribution in [2.24, 2.45) is 5.92 Å². The second kappa shape index (κ2) is 6.57. The van der Waals surface area contributed by atoms with Crippen LogP contribution in [0.2, 0.25) is 0 Å². The Morgan fingerprint density at radius 3 is 2.62 bits per heavy atom. The van der Waals surface area contributed by atoms with E-state index in [4.69, 9.17) is 4.74 Å². The van der Waals surface area contributed by atoms with Gasteiger partial charge in [-0.2, -0.15) is 0 Å². The minimum Gasteiger partial charge on any atom is -0.445 e. The van der Waals surface area contributed by atoms with Crippen molar-refractivity contribution in [1.29, 1.82) is 0 Å². The molecule has 1 aromatic rings. The van der Waals surface area contributed by atoms with Crippen molar-refractivity contribution in [2.75, 3.05) is 6.54 Å². The zero-order valence-corrected chi connectivity index (χ0v) is 12.7. The molecule has 112 valence electrons. The quantitative estimate of drug-likeness (QED) is 0.857. The standard InChI is InChI=1S/C17H21NO3/c1-12(2)15-16(19)13(3)9-10-18(15)17(20)21-11-14-7-5-4-6-8-14/h4-9,12,15H,10-11H2,1-3H3/t15-/m0/s1. The molecule has 1 atom stereocenters. The van der Waals surface area contributed by atoms with Crippen LogP contribution in [0.15, 0.2) is 42.0 Å². The zero-order valence-electron chi connectivity index (χ0n) is 12.7. The number of hydrogen-bond donors (Lipinski definition) is 0. The van der Waals surface area contributed by atoms with E-state index in [1.165, 1.54) is 4.90 Å². The summed E-state index contributed by atoms with van der Waals surface area (Å²) in [6, 6.07) is 9.08. The molecule has 0 bridgehead atoms. The summed E-state index contributed by atoms with van der Waals surface area (Å²) in [6.45, 7) is 6.33. The maximum Gasteiger partial charge on any atom is 0.411 e. The van der Waals surface area contributed by atoms with Gasteiger partial charge in [-0.25, -0.2) is 4.79 Å². The van der Waals surface area contributed by atoms with Gasteiger partial charge < -0.3 is 4.74 Å². The molecule has 0 spiro atoms. The fourth-order valence-electron chi connectivity index (χ4n) is 2.48. The van der Waals surface area contributed by atoms with Crippen molar-refractivity contribution in [3.05, 3.63) is 47.5 Å². The first-order chi connectivity index (χ1) is 10.0. The monoisotopic (exact) mass is 287 g/mol. The summed E-state index contributed by atoms with van der Waals surface area (Å²) in [5, 5.41) is 0. The van der Waals surface area contributed by atoms with Crippen molar-refractivity contribution in [3.8, 4) is 0 Å². The molecule has 1 aliphatic heterocycles. The third-order valence-electron chi connectivity index (χ3n) is 3.66. The van der Waals surface area contributed by atoms with Gasteiger partial charge in [-0.05, 0) is 24.0 Å². The average Bonchev–Trinajstić information content (AvgIpc) is 2.48. The topological polar surface area (TPSA) is 46.6 Å². The van der Waals surface area contributed by atoms with Crippen molar-refractivity contribution < 1.29 is 14.3 Å². The van der Waals surface area contributed by atoms with Gasteiger partial charge in [0.05, 0.1) is 0 Å². The molecule has 2 rings (SSSR count). The molecule has 1 aliphatic rings. The van der Waals surface area contributed by atoms with Crippen LogP contribution in [0.1, 0.15) is 26.3 Å². The fraction of sp³-hybridized carbons (Fsp3) is 0.412. The van der Waals surface area contributed by atoms with Gasteiger partial charge in [-0.1, -0.05) is 50.3 Å². The number of ether oxygens (including phenoxy) is 1. The predicted octanol–water partition coefficient (Wildman–Crippen LogP) is 3.18. The average molecular weight is 287 g/mol. The van der Waals surface area contributed by atoms with E-state index >= 15 is 0 Å². The van der Waals surface area contributed by atoms with Gasteiger partial charge in [0.25, 0.3) is 0 Å². The highest BCUT2D eigenvalue weighted by Gasteiger charge is 2.36. The number of carbonyl (C=O) groups excluding carboxylic acids is 2. The Balaban J connectivity index is 2.05. The lowest BCUT2D eigenvalue weighted by Crippen LogP contribution is -2.51. The van der Waals surface area contributed by atoms with Crippen LogP contribution in [0, 0.1) is 5.92 Å². The fourth-order valence-corrected chi connectivity index (χ4v) is 2.48. The lowest BCUT2D eigenvalue weighted by molar-refractivity contribution is -0.122. The maximum atomic E-state index is 12.3. The van der Waals surface area contributed by atoms with Gasteiger partial charge in [-0.15, -0.1) is 0 Å². The molecule has 1 heterocycles. The van der Waals surface area contributed by atoms with E-state index in [0.29, 0.717) is 6.54 Å². The van der Waals surface area contributed by atoms with E-state index in [9.17, 15) is 9.59 Å². The number of nitrogens with zero attached hydrogens (tertiary/aromatic N) is 1. The SMILES string of the molecule is CC1=CCN(C(=O)OCc2ccccc2)[C@@H](C(C)C)C1=O. The number of benzene rings is 1. The first-order valence-corrected chi connectivity index (χ1v) is 7.19. The highest BCUT2D eigenvalue weighted by Crippen LogP contribution is 2.21. The van der Waals surface area contributed by atoms with Gasteiger partial charge in [-0.3, -0.25) is 9.69 Å². The minimum absolute atomic E-state index is 0.00733. The summed E-state index contributed by atoms with van der Waals surface area (Å²) >= 11 is 0. The van der Waals surface area contributed by atoms with E-state index in [1.54, 1.807) is 13.0 Å². The maximum absolute atomic E-state index is 12.3. The Hall–Kier alpha value is -2.10. The van der Waals surface area contributed by atoms with Crippen LogP contribution >= 0.6 is 0 Å². The molecule has 0 aliphatic carbocycles. The molecular weight excluding hydrogens is 266 g/mol. The zero-order chi connectivity index (χ0) is 15.4. The lowest BCUT2D eigenvalue weighted by Gasteiger charge is -2.35. The van der Waals surface area contributed by atoms with Gasteiger partial charge in [0.15, 0.2) is 5.78 Å². The molecule has 0 radical (unpaired) electrons. The molecule has 0 fully saturated rings. The Morgan fingerprint density at radius 1 is 1.33 bits per heavy atom. The van der Waals surface area contributed by atoms with Crippen LogP contribution in [-0.4, -0.2) is 29.4 Å². The molecule has 0 unspecified atom stereocenters. The first kappa shape index (κ1) is 15.3. The van der Waals surface area contributed by atoms with Crippen LogP contribution in [0.4, 0.5) is 4.79 Å². The second-order valence-corrected chi connectivity index (χ2v) is 5.63. The van der Waals surface area contributed by atoms with Crippen LogP contribution in [0.5, 0.6) is 0 Å². The summed E-state index contributed by atoms with van der Waals surface area (Å²) in [6.07, 6.45) is 1.35. The number of hydrogen-bond acceptors (Lipinski definition) is 3. The Bertz CT molecular complexity index is 548. The van der Waals surface area contributed by atoms with E-state index in [2.05, 4.69) is 0 Å². The molecule has 4 heteroatoms. The number of amides is 1. The second-order valence-electron chi connectivity index (χ2n) is 5.63. The van der Waals surface area contributed by atoms with E-state index < -0.39 is 12.1 Å². The molecule has 1 amide bonds. The van der Waals surface area contributed by atoms with Crippen LogP contribution in [0.25, 0.3) is 0 Å². The summed E-state index contributed by atoms with van der Waals surface area (Å²) in [4.78, 5) is 26.0. The Labute approximate surface area is 125 Å². The molecule has 0 saturated heterocycles. The predicted molar refractivity (Wildman–Crippen MR) is 80.7 cm³/mol. The van der Waals surface area contributed by atoms with Gasteiger partial charge >= 0.3 is 6.09 Å². The van der Waals surface area contributed by atoms with E-state index in [1.807, 2.05) is 44.2 Å². The third kappa shape index (κ3) is 3.51. The van der Waals surface area contributed by atoms with Crippen LogP contribution in [-0.2, 0) is 16.1 Å². The van der Waals surface area contributed by atoms with Crippen molar-refractivity contribution >= 4 is 11.9 Å².